The molecule has 5 nitrogen and oxygen atoms in total. The number of hydrogen-bond donors (Lipinski definition) is 1. The minimum atomic E-state index is -0.768. The largest absolute Gasteiger partial charge is 0.467 e. The van der Waals surface area contributed by atoms with Crippen molar-refractivity contribution < 1.29 is 19.1 Å². The third-order valence-corrected chi connectivity index (χ3v) is 5.32. The Morgan fingerprint density at radius 2 is 1.75 bits per heavy atom. The van der Waals surface area contributed by atoms with Gasteiger partial charge in [-0.1, -0.05) is 48.5 Å². The first-order valence-electron chi connectivity index (χ1n) is 9.56. The number of ether oxygens (including phenoxy) is 2. The highest BCUT2D eigenvalue weighted by Crippen LogP contribution is 2.29. The number of nitrogens with one attached hydrogen (secondary N) is 1. The van der Waals surface area contributed by atoms with E-state index in [-0.39, 0.29) is 5.91 Å². The monoisotopic (exact) mass is 377 g/mol. The number of methoxy groups -OCH3 is 1. The van der Waals surface area contributed by atoms with Gasteiger partial charge in [-0.2, -0.15) is 0 Å². The number of benzene rings is 3. The summed E-state index contributed by atoms with van der Waals surface area (Å²) in [4.78, 5) is 25.0. The fourth-order valence-corrected chi connectivity index (χ4v) is 3.92. The molecule has 1 aliphatic heterocycles. The Morgan fingerprint density at radius 1 is 1.11 bits per heavy atom. The van der Waals surface area contributed by atoms with Gasteiger partial charge in [-0.25, -0.2) is 4.79 Å². The van der Waals surface area contributed by atoms with E-state index in [9.17, 15) is 9.59 Å². The van der Waals surface area contributed by atoms with Crippen LogP contribution in [0.1, 0.15) is 18.4 Å². The molecule has 1 amide bonds. The minimum absolute atomic E-state index is 0.252. The molecule has 3 aromatic carbocycles. The van der Waals surface area contributed by atoms with Crippen molar-refractivity contribution in [3.8, 4) is 0 Å². The summed E-state index contributed by atoms with van der Waals surface area (Å²) in [7, 11) is 1.34. The molecule has 0 aliphatic carbocycles. The maximum Gasteiger partial charge on any atom is 0.328 e. The van der Waals surface area contributed by atoms with Crippen LogP contribution in [0.3, 0.4) is 0 Å². The van der Waals surface area contributed by atoms with Crippen molar-refractivity contribution in [2.45, 2.75) is 31.4 Å². The molecule has 0 radical (unpaired) electrons. The van der Waals surface area contributed by atoms with Crippen LogP contribution in [0.2, 0.25) is 0 Å². The second-order valence-electron chi connectivity index (χ2n) is 7.09. The fraction of sp³-hybridized carbons (Fsp3) is 0.304. The molecule has 1 heterocycles. The molecular weight excluding hydrogens is 354 g/mol. The Bertz CT molecular complexity index is 969. The summed E-state index contributed by atoms with van der Waals surface area (Å²) in [6.45, 7) is 0.578. The highest BCUT2D eigenvalue weighted by molar-refractivity contribution is 6.02. The van der Waals surface area contributed by atoms with Gasteiger partial charge in [0, 0.05) is 13.0 Å². The standard InChI is InChI=1S/C23H23NO4/c1-27-23(26)20(24-22(25)21-11-6-12-28-21)14-19-17-9-4-2-7-15(17)13-16-8-3-5-10-18(16)19/h2-5,7-10,13,20-21H,6,11-12,14H2,1H3,(H,24,25)/t20-,21-/m0/s1. The topological polar surface area (TPSA) is 64.6 Å². The van der Waals surface area contributed by atoms with Crippen LogP contribution in [0.15, 0.2) is 54.6 Å². The predicted octanol–water partition coefficient (Wildman–Crippen LogP) is 3.37. The van der Waals surface area contributed by atoms with Gasteiger partial charge in [-0.15, -0.1) is 0 Å². The molecule has 144 valence electrons. The van der Waals surface area contributed by atoms with Gasteiger partial charge in [-0.3, -0.25) is 4.79 Å². The van der Waals surface area contributed by atoms with Crippen molar-refractivity contribution in [1.29, 1.82) is 0 Å². The van der Waals surface area contributed by atoms with Crippen LogP contribution in [0, 0.1) is 0 Å². The number of carbonyl (C=O) groups excluding carboxylic acids is 2. The zero-order valence-electron chi connectivity index (χ0n) is 15.8. The maximum absolute atomic E-state index is 12.5. The summed E-state index contributed by atoms with van der Waals surface area (Å²) in [6.07, 6.45) is 1.40. The van der Waals surface area contributed by atoms with E-state index in [0.29, 0.717) is 19.4 Å². The Morgan fingerprint density at radius 3 is 2.32 bits per heavy atom. The predicted molar refractivity (Wildman–Crippen MR) is 108 cm³/mol. The van der Waals surface area contributed by atoms with Gasteiger partial charge in [0.15, 0.2) is 0 Å². The second-order valence-corrected chi connectivity index (χ2v) is 7.09. The van der Waals surface area contributed by atoms with Crippen LogP contribution in [-0.4, -0.2) is 37.7 Å². The summed E-state index contributed by atoms with van der Waals surface area (Å²) in [5.74, 6) is -0.708. The van der Waals surface area contributed by atoms with E-state index in [0.717, 1.165) is 33.5 Å². The smallest absolute Gasteiger partial charge is 0.328 e. The van der Waals surface area contributed by atoms with Gasteiger partial charge in [-0.05, 0) is 46.0 Å². The number of hydrogen-bond acceptors (Lipinski definition) is 4. The average molecular weight is 377 g/mol. The summed E-state index contributed by atoms with van der Waals surface area (Å²) in [5.41, 5.74) is 1.02. The Labute approximate surface area is 163 Å². The first-order valence-corrected chi connectivity index (χ1v) is 9.56. The highest BCUT2D eigenvalue weighted by atomic mass is 16.5. The van der Waals surface area contributed by atoms with Crippen LogP contribution in [0.25, 0.3) is 21.5 Å². The van der Waals surface area contributed by atoms with Gasteiger partial charge in [0.1, 0.15) is 12.1 Å². The SMILES string of the molecule is COC(=O)[C@H](Cc1c2ccccc2cc2ccccc12)NC(=O)[C@@H]1CCCO1. The zero-order valence-corrected chi connectivity index (χ0v) is 15.8. The Balaban J connectivity index is 1.73. The molecule has 1 fully saturated rings. The van der Waals surface area contributed by atoms with Gasteiger partial charge < -0.3 is 14.8 Å². The van der Waals surface area contributed by atoms with E-state index in [1.165, 1.54) is 7.11 Å². The fourth-order valence-electron chi connectivity index (χ4n) is 3.92. The van der Waals surface area contributed by atoms with Crippen molar-refractivity contribution in [2.75, 3.05) is 13.7 Å². The molecular formula is C23H23NO4. The molecule has 0 aromatic heterocycles. The normalized spacial score (nSPS) is 17.5. The van der Waals surface area contributed by atoms with Crippen molar-refractivity contribution in [2.24, 2.45) is 0 Å². The van der Waals surface area contributed by atoms with E-state index >= 15 is 0 Å². The Hall–Kier alpha value is -2.92. The number of rotatable bonds is 5. The quantitative estimate of drug-likeness (QED) is 0.547. The van der Waals surface area contributed by atoms with Gasteiger partial charge in [0.2, 0.25) is 5.91 Å². The van der Waals surface area contributed by atoms with Gasteiger partial charge in [0.05, 0.1) is 7.11 Å². The minimum Gasteiger partial charge on any atom is -0.467 e. The van der Waals surface area contributed by atoms with Crippen LogP contribution < -0.4 is 5.32 Å². The number of amides is 1. The third kappa shape index (κ3) is 3.58. The summed E-state index contributed by atoms with van der Waals surface area (Å²) in [6, 6.07) is 17.6. The summed E-state index contributed by atoms with van der Waals surface area (Å²) < 4.78 is 10.4. The van der Waals surface area contributed by atoms with E-state index in [4.69, 9.17) is 9.47 Å². The van der Waals surface area contributed by atoms with Gasteiger partial charge >= 0.3 is 5.97 Å². The van der Waals surface area contributed by atoms with Crippen LogP contribution in [0.4, 0.5) is 0 Å². The first kappa shape index (κ1) is 18.4. The molecule has 28 heavy (non-hydrogen) atoms. The molecule has 1 saturated heterocycles. The average Bonchev–Trinajstić information content (AvgIpc) is 3.27. The molecule has 1 N–H and O–H groups in total. The lowest BCUT2D eigenvalue weighted by molar-refractivity contribution is -0.146. The number of esters is 1. The molecule has 4 rings (SSSR count). The van der Waals surface area contributed by atoms with E-state index in [1.807, 2.05) is 36.4 Å². The molecule has 0 bridgehead atoms. The lowest BCUT2D eigenvalue weighted by Gasteiger charge is -2.20. The van der Waals surface area contributed by atoms with Crippen molar-refractivity contribution in [1.82, 2.24) is 5.32 Å². The van der Waals surface area contributed by atoms with Gasteiger partial charge in [0.25, 0.3) is 0 Å². The third-order valence-electron chi connectivity index (χ3n) is 5.32. The zero-order chi connectivity index (χ0) is 19.5. The number of fused-ring (bicyclic) bond motifs is 2. The Kier molecular flexibility index (Phi) is 5.26. The first-order chi connectivity index (χ1) is 13.7. The van der Waals surface area contributed by atoms with E-state index in [2.05, 4.69) is 23.5 Å². The van der Waals surface area contributed by atoms with Crippen LogP contribution in [-0.2, 0) is 25.5 Å². The second kappa shape index (κ2) is 7.98. The van der Waals surface area contributed by atoms with E-state index in [1.54, 1.807) is 0 Å². The summed E-state index contributed by atoms with van der Waals surface area (Å²) >= 11 is 0. The molecule has 0 spiro atoms. The lowest BCUT2D eigenvalue weighted by Crippen LogP contribution is -2.47. The lowest BCUT2D eigenvalue weighted by atomic mass is 9.92. The van der Waals surface area contributed by atoms with Crippen molar-refractivity contribution in [3.63, 3.8) is 0 Å². The molecule has 0 saturated carbocycles. The molecule has 0 unspecified atom stereocenters. The molecule has 2 atom stereocenters. The summed E-state index contributed by atoms with van der Waals surface area (Å²) in [5, 5.41) is 7.19. The molecule has 3 aromatic rings. The van der Waals surface area contributed by atoms with Crippen LogP contribution >= 0.6 is 0 Å². The maximum atomic E-state index is 12.5. The number of carbonyl (C=O) groups is 2. The van der Waals surface area contributed by atoms with E-state index < -0.39 is 18.1 Å². The van der Waals surface area contributed by atoms with Crippen molar-refractivity contribution >= 4 is 33.4 Å². The highest BCUT2D eigenvalue weighted by Gasteiger charge is 2.29. The molecule has 1 aliphatic rings. The van der Waals surface area contributed by atoms with Crippen molar-refractivity contribution in [3.05, 3.63) is 60.2 Å². The molecule has 5 heteroatoms. The van der Waals surface area contributed by atoms with Crippen LogP contribution in [0.5, 0.6) is 0 Å².